The fourth-order valence-electron chi connectivity index (χ4n) is 2.09. The molecule has 2 rings (SSSR count). The summed E-state index contributed by atoms with van der Waals surface area (Å²) in [6, 6.07) is 8.65. The van der Waals surface area contributed by atoms with E-state index in [-0.39, 0.29) is 6.54 Å². The number of hydroxylamine groups is 2. The summed E-state index contributed by atoms with van der Waals surface area (Å²) in [5.41, 5.74) is 0.0313. The number of quaternary nitrogens is 1. The van der Waals surface area contributed by atoms with E-state index in [0.717, 1.165) is 5.69 Å². The molecule has 0 aliphatic heterocycles. The molecule has 2 unspecified atom stereocenters. The van der Waals surface area contributed by atoms with Gasteiger partial charge in [-0.25, -0.2) is 9.97 Å². The normalized spacial score (nSPS) is 13.6. The van der Waals surface area contributed by atoms with Gasteiger partial charge >= 0.3 is 6.09 Å². The van der Waals surface area contributed by atoms with Gasteiger partial charge in [-0.15, -0.1) is 0 Å². The number of pyridine rings is 2. The Kier molecular flexibility index (Phi) is 6.48. The van der Waals surface area contributed by atoms with Crippen LogP contribution in [0, 0.1) is 5.21 Å². The molecule has 0 saturated heterocycles. The van der Waals surface area contributed by atoms with Crippen LogP contribution >= 0.6 is 0 Å². The zero-order chi connectivity index (χ0) is 19.2. The molecular weight excluding hydrogens is 334 g/mol. The van der Waals surface area contributed by atoms with Crippen LogP contribution in [0.5, 0.6) is 0 Å². The van der Waals surface area contributed by atoms with Gasteiger partial charge in [-0.05, 0) is 52.0 Å². The second-order valence-electron chi connectivity index (χ2n) is 6.89. The Bertz CT molecular complexity index is 718. The highest BCUT2D eigenvalue weighted by atomic mass is 16.6. The number of anilines is 3. The number of alkyl carbamates (subject to hydrolysis) is 1. The van der Waals surface area contributed by atoms with Gasteiger partial charge in [0.25, 0.3) is 0 Å². The van der Waals surface area contributed by atoms with Gasteiger partial charge in [-0.2, -0.15) is 4.79 Å². The van der Waals surface area contributed by atoms with E-state index in [2.05, 4.69) is 20.6 Å². The Morgan fingerprint density at radius 1 is 1.23 bits per heavy atom. The third kappa shape index (κ3) is 5.98. The molecule has 0 fully saturated rings. The lowest BCUT2D eigenvalue weighted by atomic mass is 10.2. The molecule has 0 aromatic carbocycles. The summed E-state index contributed by atoms with van der Waals surface area (Å²) < 4.78 is 5.12. The van der Waals surface area contributed by atoms with E-state index in [9.17, 15) is 10.0 Å². The average Bonchev–Trinajstić information content (AvgIpc) is 2.59. The highest BCUT2D eigenvalue weighted by Gasteiger charge is 2.25. The first-order valence-electron chi connectivity index (χ1n) is 8.40. The van der Waals surface area contributed by atoms with Crippen molar-refractivity contribution in [1.29, 1.82) is 0 Å². The van der Waals surface area contributed by atoms with Crippen LogP contribution in [0.1, 0.15) is 27.7 Å². The molecule has 2 aromatic heterocycles. The minimum absolute atomic E-state index is 0.256. The molecule has 0 spiro atoms. The molecule has 0 aliphatic rings. The van der Waals surface area contributed by atoms with Crippen molar-refractivity contribution < 1.29 is 14.6 Å². The summed E-state index contributed by atoms with van der Waals surface area (Å²) in [6.07, 6.45) is 2.51. The molecule has 0 aliphatic carbocycles. The van der Waals surface area contributed by atoms with Crippen molar-refractivity contribution in [1.82, 2.24) is 9.97 Å². The quantitative estimate of drug-likeness (QED) is 0.680. The van der Waals surface area contributed by atoms with Crippen molar-refractivity contribution >= 4 is 23.4 Å². The van der Waals surface area contributed by atoms with Gasteiger partial charge in [0.15, 0.2) is 0 Å². The zero-order valence-electron chi connectivity index (χ0n) is 15.4. The summed E-state index contributed by atoms with van der Waals surface area (Å²) >= 11 is 0. The van der Waals surface area contributed by atoms with Crippen LogP contribution in [0.4, 0.5) is 22.1 Å². The molecular formula is C18H25N5O3. The number of ether oxygens (including phenoxy) is 1. The Balaban J connectivity index is 1.97. The summed E-state index contributed by atoms with van der Waals surface area (Å²) in [5, 5.41) is 17.9. The Hall–Kier alpha value is -2.71. The molecule has 2 heterocycles. The Morgan fingerprint density at radius 3 is 2.62 bits per heavy atom. The van der Waals surface area contributed by atoms with E-state index in [1.165, 1.54) is 0 Å². The number of hydrogen-bond donors (Lipinski definition) is 3. The van der Waals surface area contributed by atoms with E-state index in [0.29, 0.717) is 11.6 Å². The van der Waals surface area contributed by atoms with Gasteiger partial charge in [-0.3, -0.25) is 5.06 Å². The molecule has 2 atom stereocenters. The lowest BCUT2D eigenvalue weighted by Gasteiger charge is -2.29. The first-order valence-corrected chi connectivity index (χ1v) is 8.40. The van der Waals surface area contributed by atoms with E-state index >= 15 is 0 Å². The highest BCUT2D eigenvalue weighted by Crippen LogP contribution is 2.21. The van der Waals surface area contributed by atoms with E-state index in [1.807, 2.05) is 24.3 Å². The Labute approximate surface area is 153 Å². The summed E-state index contributed by atoms with van der Waals surface area (Å²) in [5.74, 6) is 1.25. The lowest BCUT2D eigenvalue weighted by molar-refractivity contribution is -0.794. The Morgan fingerprint density at radius 2 is 1.96 bits per heavy atom. The first kappa shape index (κ1) is 19.6. The number of hydrogen-bond acceptors (Lipinski definition) is 7. The third-order valence-electron chi connectivity index (χ3n) is 3.36. The van der Waals surface area contributed by atoms with Crippen LogP contribution in [0.15, 0.2) is 42.7 Å². The SMILES string of the molecule is CC(CNc1ncccc1Nc1ccccn1)[NH+]([O-])C(=O)OC(C)(C)C. The van der Waals surface area contributed by atoms with Crippen LogP contribution < -0.4 is 15.7 Å². The number of nitrogens with one attached hydrogen (secondary N) is 3. The molecule has 140 valence electrons. The summed E-state index contributed by atoms with van der Waals surface area (Å²) in [6.45, 7) is 7.11. The van der Waals surface area contributed by atoms with Gasteiger partial charge in [0, 0.05) is 12.4 Å². The molecule has 0 bridgehead atoms. The molecule has 8 heteroatoms. The molecule has 8 nitrogen and oxygen atoms in total. The topological polar surface area (TPSA) is 104 Å². The van der Waals surface area contributed by atoms with E-state index in [1.54, 1.807) is 46.2 Å². The second kappa shape index (κ2) is 8.59. The number of nitrogens with zero attached hydrogens (tertiary/aromatic N) is 2. The number of rotatable bonds is 6. The molecule has 0 saturated carbocycles. The molecule has 3 N–H and O–H groups in total. The van der Waals surface area contributed by atoms with E-state index < -0.39 is 22.8 Å². The minimum Gasteiger partial charge on any atom is -0.624 e. The summed E-state index contributed by atoms with van der Waals surface area (Å²) in [4.78, 5) is 20.4. The van der Waals surface area contributed by atoms with Crippen molar-refractivity contribution in [2.45, 2.75) is 39.3 Å². The average molecular weight is 359 g/mol. The fourth-order valence-corrected chi connectivity index (χ4v) is 2.09. The van der Waals surface area contributed by atoms with Crippen LogP contribution in [0.25, 0.3) is 0 Å². The third-order valence-corrected chi connectivity index (χ3v) is 3.36. The molecule has 0 radical (unpaired) electrons. The summed E-state index contributed by atoms with van der Waals surface area (Å²) in [7, 11) is 0. The number of carbonyl (C=O) groups is 1. The number of amides is 1. The predicted molar refractivity (Wildman–Crippen MR) is 100 cm³/mol. The zero-order valence-corrected chi connectivity index (χ0v) is 15.4. The predicted octanol–water partition coefficient (Wildman–Crippen LogP) is 2.34. The van der Waals surface area contributed by atoms with Gasteiger partial charge in [0.1, 0.15) is 23.3 Å². The van der Waals surface area contributed by atoms with Crippen molar-refractivity contribution in [3.05, 3.63) is 47.9 Å². The highest BCUT2D eigenvalue weighted by molar-refractivity contribution is 5.69. The van der Waals surface area contributed by atoms with Crippen LogP contribution in [0.3, 0.4) is 0 Å². The van der Waals surface area contributed by atoms with Crippen molar-refractivity contribution in [2.24, 2.45) is 0 Å². The smallest absolute Gasteiger partial charge is 0.515 e. The maximum Gasteiger partial charge on any atom is 0.515 e. The monoisotopic (exact) mass is 359 g/mol. The van der Waals surface area contributed by atoms with Gasteiger partial charge in [0.2, 0.25) is 0 Å². The number of carbonyl (C=O) groups excluding carboxylic acids is 1. The minimum atomic E-state index is -0.820. The molecule has 2 aromatic rings. The van der Waals surface area contributed by atoms with Gasteiger partial charge in [0.05, 0.1) is 12.2 Å². The standard InChI is InChI=1S/C18H25N5O3/c1-13(23(25)17(24)26-18(2,3)4)12-21-16-14(8-7-11-20-16)22-15-9-5-6-10-19-15/h5-11,13,23H,12H2,1-4H3,(H,19,22)(H,20,21). The van der Waals surface area contributed by atoms with Gasteiger partial charge < -0.3 is 20.6 Å². The van der Waals surface area contributed by atoms with Crippen molar-refractivity contribution in [2.75, 3.05) is 17.2 Å². The van der Waals surface area contributed by atoms with E-state index in [4.69, 9.17) is 4.74 Å². The van der Waals surface area contributed by atoms with Gasteiger partial charge in [-0.1, -0.05) is 6.07 Å². The molecule has 1 amide bonds. The molecule has 26 heavy (non-hydrogen) atoms. The maximum absolute atomic E-state index is 12.2. The maximum atomic E-state index is 12.2. The van der Waals surface area contributed by atoms with Crippen LogP contribution in [-0.4, -0.2) is 34.2 Å². The second-order valence-corrected chi connectivity index (χ2v) is 6.89. The van der Waals surface area contributed by atoms with Crippen LogP contribution in [-0.2, 0) is 4.74 Å². The largest absolute Gasteiger partial charge is 0.624 e. The number of aromatic nitrogens is 2. The first-order chi connectivity index (χ1) is 12.3. The lowest BCUT2D eigenvalue weighted by Crippen LogP contribution is -3.14. The van der Waals surface area contributed by atoms with Crippen molar-refractivity contribution in [3.8, 4) is 0 Å². The van der Waals surface area contributed by atoms with Crippen LogP contribution in [0.2, 0.25) is 0 Å². The fraction of sp³-hybridized carbons (Fsp3) is 0.389. The van der Waals surface area contributed by atoms with Crippen molar-refractivity contribution in [3.63, 3.8) is 0 Å².